The van der Waals surface area contributed by atoms with E-state index in [1.54, 1.807) is 6.20 Å². The maximum atomic E-state index is 14.0. The number of aromatic nitrogens is 2. The first kappa shape index (κ1) is 35.1. The zero-order chi connectivity index (χ0) is 31.9. The molecule has 2 aromatic rings. The SMILES string of the molecule is CCN(CC)C(=O)O[C@@H](Cc1ccccc1)C(=O)N[C@@H](Cc1cnc[nH]1)C(=O)NC(C[C@@H](O)CCC(C)C)C1CCCCC1. The van der Waals surface area contributed by atoms with Gasteiger partial charge in [-0.05, 0) is 63.4 Å². The highest BCUT2D eigenvalue weighted by molar-refractivity contribution is 5.90. The van der Waals surface area contributed by atoms with Gasteiger partial charge in [0.05, 0.1) is 12.4 Å². The van der Waals surface area contributed by atoms with Crippen LogP contribution in [0.15, 0.2) is 42.9 Å². The van der Waals surface area contributed by atoms with E-state index in [9.17, 15) is 19.5 Å². The highest BCUT2D eigenvalue weighted by atomic mass is 16.6. The Balaban J connectivity index is 1.81. The van der Waals surface area contributed by atoms with Crippen LogP contribution in [0.4, 0.5) is 4.79 Å². The lowest BCUT2D eigenvalue weighted by Crippen LogP contribution is -2.55. The van der Waals surface area contributed by atoms with Gasteiger partial charge in [0.2, 0.25) is 5.91 Å². The quantitative estimate of drug-likeness (QED) is 0.203. The smallest absolute Gasteiger partial charge is 0.410 e. The van der Waals surface area contributed by atoms with Crippen molar-refractivity contribution in [2.45, 2.75) is 116 Å². The molecule has 1 aromatic carbocycles. The number of benzene rings is 1. The van der Waals surface area contributed by atoms with Crippen LogP contribution in [0, 0.1) is 11.8 Å². The number of aliphatic hydroxyl groups excluding tert-OH is 1. The van der Waals surface area contributed by atoms with E-state index in [1.165, 1.54) is 17.6 Å². The van der Waals surface area contributed by atoms with E-state index in [-0.39, 0.29) is 30.7 Å². The molecule has 1 unspecified atom stereocenters. The summed E-state index contributed by atoms with van der Waals surface area (Å²) in [6, 6.07) is 8.23. The van der Waals surface area contributed by atoms with Crippen molar-refractivity contribution in [3.63, 3.8) is 0 Å². The number of H-pyrrole nitrogens is 1. The molecule has 0 aliphatic heterocycles. The average molecular weight is 612 g/mol. The number of ether oxygens (including phenoxy) is 1. The van der Waals surface area contributed by atoms with Crippen molar-refractivity contribution < 1.29 is 24.2 Å². The molecule has 10 nitrogen and oxygen atoms in total. The predicted molar refractivity (Wildman–Crippen MR) is 171 cm³/mol. The summed E-state index contributed by atoms with van der Waals surface area (Å²) in [5.74, 6) is -0.111. The summed E-state index contributed by atoms with van der Waals surface area (Å²) in [5, 5.41) is 17.0. The second-order valence-electron chi connectivity index (χ2n) is 12.5. The highest BCUT2D eigenvalue weighted by Gasteiger charge is 2.33. The zero-order valence-electron chi connectivity index (χ0n) is 27.0. The molecule has 4 atom stereocenters. The Morgan fingerprint density at radius 1 is 1.00 bits per heavy atom. The lowest BCUT2D eigenvalue weighted by molar-refractivity contribution is -0.135. The molecule has 244 valence electrons. The fraction of sp³-hybridized carbons (Fsp3) is 0.647. The molecule has 1 saturated carbocycles. The van der Waals surface area contributed by atoms with Gasteiger partial charge < -0.3 is 30.4 Å². The second kappa shape index (κ2) is 18.4. The maximum absolute atomic E-state index is 14.0. The van der Waals surface area contributed by atoms with Gasteiger partial charge in [-0.3, -0.25) is 9.59 Å². The molecule has 4 N–H and O–H groups in total. The van der Waals surface area contributed by atoms with Crippen molar-refractivity contribution in [2.75, 3.05) is 13.1 Å². The lowest BCUT2D eigenvalue weighted by Gasteiger charge is -2.34. The summed E-state index contributed by atoms with van der Waals surface area (Å²) in [4.78, 5) is 49.3. The van der Waals surface area contributed by atoms with Crippen LogP contribution in [0.2, 0.25) is 0 Å². The summed E-state index contributed by atoms with van der Waals surface area (Å²) in [6.45, 7) is 8.88. The van der Waals surface area contributed by atoms with Crippen molar-refractivity contribution >= 4 is 17.9 Å². The molecule has 44 heavy (non-hydrogen) atoms. The molecule has 3 amide bonds. The topological polar surface area (TPSA) is 137 Å². The Morgan fingerprint density at radius 2 is 1.70 bits per heavy atom. The minimum absolute atomic E-state index is 0.171. The Bertz CT molecular complexity index is 1120. The number of nitrogens with zero attached hydrogens (tertiary/aromatic N) is 2. The third-order valence-corrected chi connectivity index (χ3v) is 8.58. The first-order valence-corrected chi connectivity index (χ1v) is 16.5. The minimum atomic E-state index is -1.13. The summed E-state index contributed by atoms with van der Waals surface area (Å²) in [6.07, 6.45) is 8.77. The Labute approximate surface area is 262 Å². The summed E-state index contributed by atoms with van der Waals surface area (Å²) < 4.78 is 5.74. The molecule has 10 heteroatoms. The third-order valence-electron chi connectivity index (χ3n) is 8.58. The number of carbonyl (C=O) groups excluding carboxylic acids is 3. The van der Waals surface area contributed by atoms with Crippen molar-refractivity contribution in [3.8, 4) is 0 Å². The maximum Gasteiger partial charge on any atom is 0.410 e. The monoisotopic (exact) mass is 611 g/mol. The molecular weight excluding hydrogens is 558 g/mol. The van der Waals surface area contributed by atoms with Crippen LogP contribution in [0.3, 0.4) is 0 Å². The number of hydrogen-bond donors (Lipinski definition) is 4. The Morgan fingerprint density at radius 3 is 2.32 bits per heavy atom. The number of imidazole rings is 1. The fourth-order valence-electron chi connectivity index (χ4n) is 5.91. The molecule has 1 heterocycles. The van der Waals surface area contributed by atoms with Crippen LogP contribution in [0.25, 0.3) is 0 Å². The number of carbonyl (C=O) groups is 3. The van der Waals surface area contributed by atoms with Crippen LogP contribution < -0.4 is 10.6 Å². The van der Waals surface area contributed by atoms with Gasteiger partial charge in [0, 0.05) is 43.9 Å². The summed E-state index contributed by atoms with van der Waals surface area (Å²) in [5.41, 5.74) is 1.53. The molecule has 1 aliphatic carbocycles. The largest absolute Gasteiger partial charge is 0.436 e. The van der Waals surface area contributed by atoms with E-state index in [0.717, 1.165) is 37.7 Å². The van der Waals surface area contributed by atoms with Gasteiger partial charge in [0.15, 0.2) is 6.10 Å². The van der Waals surface area contributed by atoms with Gasteiger partial charge in [-0.2, -0.15) is 0 Å². The van der Waals surface area contributed by atoms with Crippen LogP contribution in [-0.2, 0) is 27.2 Å². The Hall–Kier alpha value is -3.40. The first-order valence-electron chi connectivity index (χ1n) is 16.5. The van der Waals surface area contributed by atoms with Gasteiger partial charge in [0.1, 0.15) is 6.04 Å². The number of nitrogens with one attached hydrogen (secondary N) is 3. The van der Waals surface area contributed by atoms with E-state index in [4.69, 9.17) is 4.74 Å². The van der Waals surface area contributed by atoms with Crippen molar-refractivity contribution in [1.29, 1.82) is 0 Å². The van der Waals surface area contributed by atoms with Crippen molar-refractivity contribution in [2.24, 2.45) is 11.8 Å². The Kier molecular flexibility index (Phi) is 14.7. The van der Waals surface area contributed by atoms with E-state index in [1.807, 2.05) is 44.2 Å². The molecule has 0 radical (unpaired) electrons. The minimum Gasteiger partial charge on any atom is -0.436 e. The molecule has 1 fully saturated rings. The van der Waals surface area contributed by atoms with Crippen LogP contribution >= 0.6 is 0 Å². The van der Waals surface area contributed by atoms with Gasteiger partial charge in [0.25, 0.3) is 5.91 Å². The van der Waals surface area contributed by atoms with Crippen LogP contribution in [-0.4, -0.2) is 75.3 Å². The number of aliphatic hydroxyl groups is 1. The number of amides is 3. The molecule has 1 aromatic heterocycles. The standard InChI is InChI=1S/C34H53N5O5/c1-5-39(6-2)34(43)44-31(19-25-13-9-7-10-14-25)33(42)38-30(20-27-22-35-23-36-27)32(41)37-29(26-15-11-8-12-16-26)21-28(40)18-17-24(3)4/h7,9-10,13-14,22-24,26,28-31,40H,5-6,8,11-12,15-21H2,1-4H3,(H,35,36)(H,37,41)(H,38,42)/t28-,29?,30-,31-/m0/s1. The fourth-order valence-corrected chi connectivity index (χ4v) is 5.91. The van der Waals surface area contributed by atoms with Gasteiger partial charge in [-0.25, -0.2) is 9.78 Å². The van der Waals surface area contributed by atoms with E-state index in [0.29, 0.717) is 37.5 Å². The number of rotatable bonds is 17. The highest BCUT2D eigenvalue weighted by Crippen LogP contribution is 2.29. The van der Waals surface area contributed by atoms with Gasteiger partial charge in [-0.1, -0.05) is 63.4 Å². The second-order valence-corrected chi connectivity index (χ2v) is 12.5. The van der Waals surface area contributed by atoms with E-state index >= 15 is 0 Å². The molecule has 0 spiro atoms. The van der Waals surface area contributed by atoms with Crippen molar-refractivity contribution in [1.82, 2.24) is 25.5 Å². The van der Waals surface area contributed by atoms with Crippen LogP contribution in [0.5, 0.6) is 0 Å². The normalized spacial score (nSPS) is 16.5. The summed E-state index contributed by atoms with van der Waals surface area (Å²) >= 11 is 0. The first-order chi connectivity index (χ1) is 21.2. The van der Waals surface area contributed by atoms with Crippen molar-refractivity contribution in [3.05, 3.63) is 54.1 Å². The molecule has 0 bridgehead atoms. The third kappa shape index (κ3) is 11.6. The number of hydrogen-bond acceptors (Lipinski definition) is 6. The van der Waals surface area contributed by atoms with Gasteiger partial charge >= 0.3 is 6.09 Å². The van der Waals surface area contributed by atoms with E-state index in [2.05, 4.69) is 34.4 Å². The lowest BCUT2D eigenvalue weighted by atomic mass is 9.81. The van der Waals surface area contributed by atoms with E-state index < -0.39 is 30.3 Å². The number of aromatic amines is 1. The molecule has 3 rings (SSSR count). The molecular formula is C34H53N5O5. The van der Waals surface area contributed by atoms with Crippen LogP contribution in [0.1, 0.15) is 90.3 Å². The van der Waals surface area contributed by atoms with Gasteiger partial charge in [-0.15, -0.1) is 0 Å². The zero-order valence-corrected chi connectivity index (χ0v) is 27.0. The average Bonchev–Trinajstić information content (AvgIpc) is 3.54. The molecule has 0 saturated heterocycles. The summed E-state index contributed by atoms with van der Waals surface area (Å²) in [7, 11) is 0. The predicted octanol–water partition coefficient (Wildman–Crippen LogP) is 4.78. The molecule has 1 aliphatic rings.